The summed E-state index contributed by atoms with van der Waals surface area (Å²) in [6, 6.07) is 0. The van der Waals surface area contributed by atoms with Gasteiger partial charge in [-0.25, -0.2) is 10.1 Å². The van der Waals surface area contributed by atoms with Crippen LogP contribution in [-0.4, -0.2) is 28.2 Å². The van der Waals surface area contributed by atoms with Crippen molar-refractivity contribution in [3.05, 3.63) is 0 Å². The van der Waals surface area contributed by atoms with Crippen LogP contribution in [0.3, 0.4) is 0 Å². The number of carbonyl (C=O) groups excluding carboxylic acids is 2. The highest BCUT2D eigenvalue weighted by atomic mass is 17.1. The highest BCUT2D eigenvalue weighted by molar-refractivity contribution is 6.02. The molecule has 0 aromatic heterocycles. The normalized spacial score (nSPS) is 20.2. The second kappa shape index (κ2) is 3.85. The van der Waals surface area contributed by atoms with Crippen molar-refractivity contribution in [2.75, 3.05) is 0 Å². The molecule has 74 valence electrons. The molecule has 1 N–H and O–H groups in total. The van der Waals surface area contributed by atoms with E-state index in [1.54, 1.807) is 13.8 Å². The summed E-state index contributed by atoms with van der Waals surface area (Å²) < 4.78 is 0. The molecule has 0 aromatic rings. The van der Waals surface area contributed by atoms with Gasteiger partial charge in [-0.15, -0.1) is 0 Å². The molecule has 5 nitrogen and oxygen atoms in total. The third-order valence-corrected chi connectivity index (χ3v) is 2.02. The lowest BCUT2D eigenvalue weighted by Crippen LogP contribution is -2.43. The van der Waals surface area contributed by atoms with Gasteiger partial charge in [0.2, 0.25) is 11.8 Å². The Balaban J connectivity index is 2.77. The van der Waals surface area contributed by atoms with Crippen molar-refractivity contribution in [2.24, 2.45) is 5.92 Å². The van der Waals surface area contributed by atoms with Crippen molar-refractivity contribution in [2.45, 2.75) is 32.9 Å². The van der Waals surface area contributed by atoms with E-state index in [1.807, 2.05) is 0 Å². The average molecular weight is 187 g/mol. The summed E-state index contributed by atoms with van der Waals surface area (Å²) in [6.07, 6.45) is -0.418. The quantitative estimate of drug-likeness (QED) is 0.399. The fourth-order valence-electron chi connectivity index (χ4n) is 1.34. The molecule has 0 spiro atoms. The molecule has 1 saturated heterocycles. The van der Waals surface area contributed by atoms with Crippen LogP contribution in [0.15, 0.2) is 0 Å². The second-order valence-electron chi connectivity index (χ2n) is 3.40. The maximum atomic E-state index is 11.2. The van der Waals surface area contributed by atoms with Gasteiger partial charge < -0.3 is 0 Å². The average Bonchev–Trinajstić information content (AvgIpc) is 2.36. The first-order chi connectivity index (χ1) is 6.07. The minimum absolute atomic E-state index is 0.115. The SMILES string of the molecule is CC(C)C(OO)N1C(=O)CCC1=O. The monoisotopic (exact) mass is 187 g/mol. The summed E-state index contributed by atoms with van der Waals surface area (Å²) >= 11 is 0. The number of carbonyl (C=O) groups is 2. The Morgan fingerprint density at radius 1 is 1.31 bits per heavy atom. The van der Waals surface area contributed by atoms with Crippen molar-refractivity contribution in [3.63, 3.8) is 0 Å². The summed E-state index contributed by atoms with van der Waals surface area (Å²) in [7, 11) is 0. The maximum Gasteiger partial charge on any atom is 0.231 e. The predicted molar refractivity (Wildman–Crippen MR) is 43.4 cm³/mol. The van der Waals surface area contributed by atoms with Crippen LogP contribution < -0.4 is 0 Å². The van der Waals surface area contributed by atoms with Crippen molar-refractivity contribution >= 4 is 11.8 Å². The van der Waals surface area contributed by atoms with Crippen molar-refractivity contribution in [3.8, 4) is 0 Å². The number of imide groups is 1. The van der Waals surface area contributed by atoms with Gasteiger partial charge in [0, 0.05) is 18.8 Å². The van der Waals surface area contributed by atoms with Gasteiger partial charge in [-0.05, 0) is 0 Å². The maximum absolute atomic E-state index is 11.2. The first-order valence-electron chi connectivity index (χ1n) is 4.23. The number of hydrogen-bond acceptors (Lipinski definition) is 4. The van der Waals surface area contributed by atoms with E-state index in [4.69, 9.17) is 5.26 Å². The van der Waals surface area contributed by atoms with E-state index in [0.29, 0.717) is 0 Å². The third kappa shape index (κ3) is 1.87. The van der Waals surface area contributed by atoms with Crippen LogP contribution in [0.1, 0.15) is 26.7 Å². The smallest absolute Gasteiger partial charge is 0.231 e. The second-order valence-corrected chi connectivity index (χ2v) is 3.40. The van der Waals surface area contributed by atoms with E-state index >= 15 is 0 Å². The molecule has 13 heavy (non-hydrogen) atoms. The fraction of sp³-hybridized carbons (Fsp3) is 0.750. The molecule has 0 bridgehead atoms. The number of rotatable bonds is 3. The molecule has 0 radical (unpaired) electrons. The van der Waals surface area contributed by atoms with Crippen molar-refractivity contribution < 1.29 is 19.7 Å². The zero-order valence-corrected chi connectivity index (χ0v) is 7.69. The van der Waals surface area contributed by atoms with E-state index in [2.05, 4.69) is 4.89 Å². The lowest BCUT2D eigenvalue weighted by atomic mass is 10.2. The molecule has 0 aliphatic carbocycles. The molecule has 0 aromatic carbocycles. The number of likely N-dealkylation sites (tertiary alicyclic amines) is 1. The molecule has 1 atom stereocenters. The molecule has 1 rings (SSSR count). The van der Waals surface area contributed by atoms with Crippen molar-refractivity contribution in [1.29, 1.82) is 0 Å². The zero-order chi connectivity index (χ0) is 10.0. The third-order valence-electron chi connectivity index (χ3n) is 2.02. The minimum Gasteiger partial charge on any atom is -0.274 e. The van der Waals surface area contributed by atoms with Crippen LogP contribution >= 0.6 is 0 Å². The van der Waals surface area contributed by atoms with Gasteiger partial charge in [-0.1, -0.05) is 13.8 Å². The minimum atomic E-state index is -0.845. The lowest BCUT2D eigenvalue weighted by Gasteiger charge is -2.25. The molecule has 1 fully saturated rings. The van der Waals surface area contributed by atoms with Gasteiger partial charge in [0.25, 0.3) is 0 Å². The Morgan fingerprint density at radius 3 is 2.08 bits per heavy atom. The Kier molecular flexibility index (Phi) is 3.00. The Labute approximate surface area is 76.2 Å². The standard InChI is InChI=1S/C8H13NO4/c1-5(2)8(13-12)9-6(10)3-4-7(9)11/h5,8,12H,3-4H2,1-2H3. The summed E-state index contributed by atoms with van der Waals surface area (Å²) in [4.78, 5) is 27.5. The van der Waals surface area contributed by atoms with Gasteiger partial charge in [0.05, 0.1) is 0 Å². The molecule has 0 saturated carbocycles. The molecule has 1 heterocycles. The van der Waals surface area contributed by atoms with Gasteiger partial charge in [0.1, 0.15) is 0 Å². The summed E-state index contributed by atoms with van der Waals surface area (Å²) in [5.41, 5.74) is 0. The predicted octanol–water partition coefficient (Wildman–Crippen LogP) is 0.607. The molecule has 1 unspecified atom stereocenters. The van der Waals surface area contributed by atoms with E-state index < -0.39 is 6.23 Å². The van der Waals surface area contributed by atoms with E-state index in [-0.39, 0.29) is 30.6 Å². The van der Waals surface area contributed by atoms with Crippen LogP contribution in [-0.2, 0) is 14.5 Å². The summed E-state index contributed by atoms with van der Waals surface area (Å²) in [5, 5.41) is 8.55. The topological polar surface area (TPSA) is 66.8 Å². The van der Waals surface area contributed by atoms with Crippen LogP contribution in [0.25, 0.3) is 0 Å². The first kappa shape index (κ1) is 10.1. The zero-order valence-electron chi connectivity index (χ0n) is 7.69. The van der Waals surface area contributed by atoms with E-state index in [1.165, 1.54) is 0 Å². The Bertz CT molecular complexity index is 210. The van der Waals surface area contributed by atoms with Gasteiger partial charge >= 0.3 is 0 Å². The fourth-order valence-corrected chi connectivity index (χ4v) is 1.34. The molecule has 2 amide bonds. The molecule has 1 aliphatic heterocycles. The number of hydrogen-bond donors (Lipinski definition) is 1. The first-order valence-corrected chi connectivity index (χ1v) is 4.23. The summed E-state index contributed by atoms with van der Waals surface area (Å²) in [6.45, 7) is 3.53. The van der Waals surface area contributed by atoms with Gasteiger partial charge in [-0.3, -0.25) is 14.5 Å². The number of nitrogens with zero attached hydrogens (tertiary/aromatic N) is 1. The molecule has 1 aliphatic rings. The van der Waals surface area contributed by atoms with Crippen LogP contribution in [0.2, 0.25) is 0 Å². The number of amides is 2. The van der Waals surface area contributed by atoms with Crippen LogP contribution in [0, 0.1) is 5.92 Å². The molecule has 5 heteroatoms. The largest absolute Gasteiger partial charge is 0.274 e. The molecular formula is C8H13NO4. The highest BCUT2D eigenvalue weighted by Gasteiger charge is 2.37. The van der Waals surface area contributed by atoms with E-state index in [0.717, 1.165) is 4.90 Å². The van der Waals surface area contributed by atoms with E-state index in [9.17, 15) is 9.59 Å². The Morgan fingerprint density at radius 2 is 1.77 bits per heavy atom. The lowest BCUT2D eigenvalue weighted by molar-refractivity contribution is -0.314. The van der Waals surface area contributed by atoms with Crippen LogP contribution in [0.5, 0.6) is 0 Å². The van der Waals surface area contributed by atoms with Gasteiger partial charge in [-0.2, -0.15) is 0 Å². The van der Waals surface area contributed by atoms with Crippen LogP contribution in [0.4, 0.5) is 0 Å². The van der Waals surface area contributed by atoms with Crippen molar-refractivity contribution in [1.82, 2.24) is 4.90 Å². The Hall–Kier alpha value is -0.940. The molecular weight excluding hydrogens is 174 g/mol. The summed E-state index contributed by atoms with van der Waals surface area (Å²) in [5.74, 6) is -0.675. The highest BCUT2D eigenvalue weighted by Crippen LogP contribution is 2.20. The van der Waals surface area contributed by atoms with Gasteiger partial charge in [0.15, 0.2) is 6.23 Å².